The monoisotopic (exact) mass is 288 g/mol. The minimum Gasteiger partial charge on any atom is -0.496 e. The molecule has 20 heavy (non-hydrogen) atoms. The Morgan fingerprint density at radius 3 is 2.65 bits per heavy atom. The van der Waals surface area contributed by atoms with Crippen LogP contribution < -0.4 is 16.0 Å². The highest BCUT2D eigenvalue weighted by molar-refractivity contribution is 7.80. The normalized spacial score (nSPS) is 10.3. The zero-order chi connectivity index (χ0) is 14.7. The Morgan fingerprint density at radius 2 is 2.00 bits per heavy atom. The third-order valence-corrected chi connectivity index (χ3v) is 3.40. The number of ether oxygens (including phenoxy) is 1. The number of methoxy groups -OCH3 is 1. The van der Waals surface area contributed by atoms with Gasteiger partial charge in [0.05, 0.1) is 19.2 Å². The number of aryl methyl sites for hydroxylation is 1. The molecule has 0 fully saturated rings. The molecule has 0 aliphatic heterocycles. The van der Waals surface area contributed by atoms with E-state index in [1.165, 1.54) is 0 Å². The van der Waals surface area contributed by atoms with E-state index in [0.29, 0.717) is 12.1 Å². The number of benzene rings is 1. The first-order chi connectivity index (χ1) is 9.54. The van der Waals surface area contributed by atoms with Gasteiger partial charge < -0.3 is 15.0 Å². The summed E-state index contributed by atoms with van der Waals surface area (Å²) in [6.45, 7) is 2.30. The summed E-state index contributed by atoms with van der Waals surface area (Å²) in [4.78, 5) is 12.5. The lowest BCUT2D eigenvalue weighted by Crippen LogP contribution is -2.30. The molecular weight excluding hydrogens is 272 g/mol. The van der Waals surface area contributed by atoms with E-state index in [1.807, 2.05) is 37.3 Å². The van der Waals surface area contributed by atoms with Gasteiger partial charge in [-0.3, -0.25) is 4.79 Å². The molecule has 104 valence electrons. The molecule has 0 bridgehead atoms. The summed E-state index contributed by atoms with van der Waals surface area (Å²) >= 11 is 4.91. The molecule has 0 aliphatic carbocycles. The van der Waals surface area contributed by atoms with E-state index >= 15 is 0 Å². The van der Waals surface area contributed by atoms with Crippen LogP contribution in [0.5, 0.6) is 5.75 Å². The average molecular weight is 288 g/mol. The van der Waals surface area contributed by atoms with Crippen molar-refractivity contribution in [2.45, 2.75) is 13.5 Å². The molecule has 1 heterocycles. The molecule has 2 N–H and O–H groups in total. The quantitative estimate of drug-likeness (QED) is 0.872. The Balaban J connectivity index is 2.51. The van der Waals surface area contributed by atoms with Gasteiger partial charge in [0.2, 0.25) is 0 Å². The van der Waals surface area contributed by atoms with E-state index in [2.05, 4.69) is 0 Å². The van der Waals surface area contributed by atoms with Crippen LogP contribution >= 0.6 is 12.2 Å². The van der Waals surface area contributed by atoms with Gasteiger partial charge in [0.1, 0.15) is 10.7 Å². The fourth-order valence-corrected chi connectivity index (χ4v) is 2.21. The predicted octanol–water partition coefficient (Wildman–Crippen LogP) is 1.85. The van der Waals surface area contributed by atoms with Gasteiger partial charge in [0, 0.05) is 11.3 Å². The zero-order valence-corrected chi connectivity index (χ0v) is 12.2. The molecular formula is C15H16N2O2S. The number of nitrogens with two attached hydrogens (primary N) is 1. The summed E-state index contributed by atoms with van der Waals surface area (Å²) in [5, 5.41) is 0. The van der Waals surface area contributed by atoms with Crippen LogP contribution in [0.4, 0.5) is 0 Å². The smallest absolute Gasteiger partial charge is 0.261 e. The fraction of sp³-hybridized carbons (Fsp3) is 0.200. The van der Waals surface area contributed by atoms with E-state index in [9.17, 15) is 4.79 Å². The molecule has 0 spiro atoms. The van der Waals surface area contributed by atoms with Crippen molar-refractivity contribution < 1.29 is 4.74 Å². The first kappa shape index (κ1) is 14.3. The SMILES string of the molecule is COc1ccccc1Cn1c(C)ccc(C(N)=S)c1=O. The van der Waals surface area contributed by atoms with Gasteiger partial charge >= 0.3 is 0 Å². The molecule has 0 unspecified atom stereocenters. The van der Waals surface area contributed by atoms with Gasteiger partial charge in [0.25, 0.3) is 5.56 Å². The average Bonchev–Trinajstić information content (AvgIpc) is 2.43. The lowest BCUT2D eigenvalue weighted by Gasteiger charge is -2.14. The summed E-state index contributed by atoms with van der Waals surface area (Å²) in [5.74, 6) is 0.750. The Kier molecular flexibility index (Phi) is 4.20. The molecule has 0 saturated heterocycles. The van der Waals surface area contributed by atoms with Crippen molar-refractivity contribution in [1.82, 2.24) is 4.57 Å². The minimum atomic E-state index is -0.177. The molecule has 1 aromatic heterocycles. The molecule has 0 amide bonds. The Hall–Kier alpha value is -2.14. The number of aromatic nitrogens is 1. The summed E-state index contributed by atoms with van der Waals surface area (Å²) < 4.78 is 6.95. The highest BCUT2D eigenvalue weighted by Gasteiger charge is 2.10. The van der Waals surface area contributed by atoms with Crippen molar-refractivity contribution >= 4 is 17.2 Å². The second kappa shape index (κ2) is 5.88. The van der Waals surface area contributed by atoms with Crippen molar-refractivity contribution in [2.24, 2.45) is 5.73 Å². The second-order valence-electron chi connectivity index (χ2n) is 4.46. The fourth-order valence-electron chi connectivity index (χ4n) is 2.06. The van der Waals surface area contributed by atoms with Crippen LogP contribution in [0, 0.1) is 6.92 Å². The van der Waals surface area contributed by atoms with E-state index in [0.717, 1.165) is 17.0 Å². The standard InChI is InChI=1S/C15H16N2O2S/c1-10-7-8-12(14(16)20)15(18)17(10)9-11-5-3-4-6-13(11)19-2/h3-8H,9H2,1-2H3,(H2,16,20). The second-order valence-corrected chi connectivity index (χ2v) is 4.90. The van der Waals surface area contributed by atoms with E-state index in [-0.39, 0.29) is 10.5 Å². The maximum Gasteiger partial charge on any atom is 0.261 e. The summed E-state index contributed by atoms with van der Waals surface area (Å²) in [6.07, 6.45) is 0. The highest BCUT2D eigenvalue weighted by atomic mass is 32.1. The van der Waals surface area contributed by atoms with Crippen LogP contribution in [0.25, 0.3) is 0 Å². The van der Waals surface area contributed by atoms with Gasteiger partial charge in [-0.15, -0.1) is 0 Å². The number of thiocarbonyl (C=S) groups is 1. The first-order valence-electron chi connectivity index (χ1n) is 6.16. The van der Waals surface area contributed by atoms with Crippen LogP contribution in [-0.2, 0) is 6.54 Å². The van der Waals surface area contributed by atoms with Crippen molar-refractivity contribution in [3.8, 4) is 5.75 Å². The van der Waals surface area contributed by atoms with E-state index in [1.54, 1.807) is 17.7 Å². The molecule has 2 rings (SSSR count). The maximum absolute atomic E-state index is 12.4. The number of hydrogen-bond donors (Lipinski definition) is 1. The van der Waals surface area contributed by atoms with E-state index < -0.39 is 0 Å². The molecule has 5 heteroatoms. The number of hydrogen-bond acceptors (Lipinski definition) is 3. The van der Waals surface area contributed by atoms with E-state index in [4.69, 9.17) is 22.7 Å². The molecule has 0 radical (unpaired) electrons. The zero-order valence-electron chi connectivity index (χ0n) is 11.4. The molecule has 0 saturated carbocycles. The Morgan fingerprint density at radius 1 is 1.30 bits per heavy atom. The number of pyridine rings is 1. The van der Waals surface area contributed by atoms with Crippen LogP contribution in [0.3, 0.4) is 0 Å². The Labute approximate surface area is 122 Å². The summed E-state index contributed by atoms with van der Waals surface area (Å²) in [6, 6.07) is 11.1. The largest absolute Gasteiger partial charge is 0.496 e. The first-order valence-corrected chi connectivity index (χ1v) is 6.57. The van der Waals surface area contributed by atoms with Crippen molar-refractivity contribution in [2.75, 3.05) is 7.11 Å². The minimum absolute atomic E-state index is 0.115. The van der Waals surface area contributed by atoms with Crippen LogP contribution in [-0.4, -0.2) is 16.7 Å². The lowest BCUT2D eigenvalue weighted by atomic mass is 10.1. The topological polar surface area (TPSA) is 57.2 Å². The van der Waals surface area contributed by atoms with Crippen LogP contribution in [0.15, 0.2) is 41.2 Å². The third-order valence-electron chi connectivity index (χ3n) is 3.18. The van der Waals surface area contributed by atoms with Gasteiger partial charge in [-0.1, -0.05) is 30.4 Å². The van der Waals surface area contributed by atoms with Crippen molar-refractivity contribution in [3.05, 3.63) is 63.6 Å². The number of nitrogens with zero attached hydrogens (tertiary/aromatic N) is 1. The van der Waals surface area contributed by atoms with Gasteiger partial charge in [-0.2, -0.15) is 0 Å². The van der Waals surface area contributed by atoms with Gasteiger partial charge in [-0.05, 0) is 25.1 Å². The number of para-hydroxylation sites is 1. The molecule has 4 nitrogen and oxygen atoms in total. The highest BCUT2D eigenvalue weighted by Crippen LogP contribution is 2.18. The predicted molar refractivity (Wildman–Crippen MR) is 83.4 cm³/mol. The number of rotatable bonds is 4. The third kappa shape index (κ3) is 2.72. The van der Waals surface area contributed by atoms with Gasteiger partial charge in [-0.25, -0.2) is 0 Å². The Bertz CT molecular complexity index is 707. The molecule has 0 atom stereocenters. The lowest BCUT2D eigenvalue weighted by molar-refractivity contribution is 0.408. The molecule has 2 aromatic rings. The van der Waals surface area contributed by atoms with Crippen LogP contribution in [0.1, 0.15) is 16.8 Å². The van der Waals surface area contributed by atoms with Crippen LogP contribution in [0.2, 0.25) is 0 Å². The summed E-state index contributed by atoms with van der Waals surface area (Å²) in [7, 11) is 1.61. The van der Waals surface area contributed by atoms with Gasteiger partial charge in [0.15, 0.2) is 0 Å². The van der Waals surface area contributed by atoms with Crippen molar-refractivity contribution in [3.63, 3.8) is 0 Å². The maximum atomic E-state index is 12.4. The molecule has 1 aromatic carbocycles. The van der Waals surface area contributed by atoms with Crippen molar-refractivity contribution in [1.29, 1.82) is 0 Å². The summed E-state index contributed by atoms with van der Waals surface area (Å²) in [5.41, 5.74) is 7.54. The molecule has 0 aliphatic rings.